The van der Waals surface area contributed by atoms with Crippen LogP contribution in [0.2, 0.25) is 0 Å². The predicted molar refractivity (Wildman–Crippen MR) is 67.5 cm³/mol. The summed E-state index contributed by atoms with van der Waals surface area (Å²) in [6.45, 7) is 4.43. The minimum absolute atomic E-state index is 0.815. The van der Waals surface area contributed by atoms with E-state index in [1.807, 2.05) is 0 Å². The lowest BCUT2D eigenvalue weighted by molar-refractivity contribution is 0.126. The largest absolute Gasteiger partial charge is 0.383 e. The average molecular weight is 221 g/mol. The van der Waals surface area contributed by atoms with Gasteiger partial charge in [0.1, 0.15) is 0 Å². The monoisotopic (exact) mass is 221 g/mol. The van der Waals surface area contributed by atoms with Crippen LogP contribution >= 0.6 is 0 Å². The molecule has 2 heteroatoms. The van der Waals surface area contributed by atoms with Crippen molar-refractivity contribution >= 4 is 0 Å². The molecule has 1 heterocycles. The first-order valence-corrected chi connectivity index (χ1v) is 6.48. The number of piperidine rings is 1. The maximum absolute atomic E-state index is 5.12. The Morgan fingerprint density at radius 3 is 2.75 bits per heavy atom. The molecule has 2 aliphatic rings. The molecular formula is C14H23NO. The van der Waals surface area contributed by atoms with Crippen molar-refractivity contribution in [1.82, 2.24) is 4.90 Å². The van der Waals surface area contributed by atoms with E-state index in [1.54, 1.807) is 12.7 Å². The van der Waals surface area contributed by atoms with Gasteiger partial charge in [-0.1, -0.05) is 18.2 Å². The second-order valence-corrected chi connectivity index (χ2v) is 4.79. The van der Waals surface area contributed by atoms with Crippen LogP contribution in [0.1, 0.15) is 25.7 Å². The van der Waals surface area contributed by atoms with Crippen molar-refractivity contribution in [3.8, 4) is 0 Å². The molecule has 0 amide bonds. The number of likely N-dealkylation sites (tertiary alicyclic amines) is 1. The molecule has 0 aromatic carbocycles. The van der Waals surface area contributed by atoms with Gasteiger partial charge in [-0.05, 0) is 50.3 Å². The van der Waals surface area contributed by atoms with E-state index in [2.05, 4.69) is 23.1 Å². The molecule has 0 atom stereocenters. The van der Waals surface area contributed by atoms with E-state index < -0.39 is 0 Å². The van der Waals surface area contributed by atoms with Crippen LogP contribution in [-0.4, -0.2) is 38.3 Å². The second kappa shape index (κ2) is 6.21. The van der Waals surface area contributed by atoms with Crippen LogP contribution in [-0.2, 0) is 4.74 Å². The van der Waals surface area contributed by atoms with Gasteiger partial charge in [0.15, 0.2) is 0 Å². The summed E-state index contributed by atoms with van der Waals surface area (Å²) in [5, 5.41) is 0. The highest BCUT2D eigenvalue weighted by molar-refractivity contribution is 5.25. The van der Waals surface area contributed by atoms with Gasteiger partial charge in [0.25, 0.3) is 0 Å². The molecule has 2 rings (SSSR count). The summed E-state index contributed by atoms with van der Waals surface area (Å²) < 4.78 is 5.12. The number of hydrogen-bond donors (Lipinski definition) is 0. The molecule has 0 unspecified atom stereocenters. The molecule has 1 saturated heterocycles. The molecule has 0 N–H and O–H groups in total. The van der Waals surface area contributed by atoms with Crippen molar-refractivity contribution < 1.29 is 4.74 Å². The van der Waals surface area contributed by atoms with Crippen molar-refractivity contribution in [2.45, 2.75) is 25.7 Å². The molecule has 0 aromatic heterocycles. The van der Waals surface area contributed by atoms with Gasteiger partial charge in [-0.25, -0.2) is 0 Å². The molecule has 1 aliphatic carbocycles. The van der Waals surface area contributed by atoms with Crippen LogP contribution in [0.15, 0.2) is 23.8 Å². The first-order chi connectivity index (χ1) is 7.90. The van der Waals surface area contributed by atoms with Gasteiger partial charge >= 0.3 is 0 Å². The van der Waals surface area contributed by atoms with Crippen molar-refractivity contribution in [1.29, 1.82) is 0 Å². The van der Waals surface area contributed by atoms with Crippen molar-refractivity contribution in [2.24, 2.45) is 5.92 Å². The summed E-state index contributed by atoms with van der Waals surface area (Å²) in [6, 6.07) is 0. The standard InChI is InChI=1S/C14H23NO/c1-16-12-11-15-9-7-14(8-10-15)13-5-3-2-4-6-13/h3,5-6,14H,2,4,7-12H2,1H3. The maximum Gasteiger partial charge on any atom is 0.0589 e. The van der Waals surface area contributed by atoms with Gasteiger partial charge < -0.3 is 9.64 Å². The molecule has 0 aromatic rings. The fourth-order valence-corrected chi connectivity index (χ4v) is 2.65. The van der Waals surface area contributed by atoms with Crippen LogP contribution in [0.3, 0.4) is 0 Å². The number of allylic oxidation sites excluding steroid dienone is 4. The van der Waals surface area contributed by atoms with Crippen LogP contribution < -0.4 is 0 Å². The Hall–Kier alpha value is -0.600. The summed E-state index contributed by atoms with van der Waals surface area (Å²) in [5.74, 6) is 0.815. The minimum atomic E-state index is 0.815. The number of rotatable bonds is 4. The lowest BCUT2D eigenvalue weighted by Crippen LogP contribution is -2.36. The first-order valence-electron chi connectivity index (χ1n) is 6.48. The van der Waals surface area contributed by atoms with E-state index in [0.717, 1.165) is 19.1 Å². The number of ether oxygens (including phenoxy) is 1. The fourth-order valence-electron chi connectivity index (χ4n) is 2.65. The van der Waals surface area contributed by atoms with E-state index in [-0.39, 0.29) is 0 Å². The normalized spacial score (nSPS) is 23.4. The summed E-state index contributed by atoms with van der Waals surface area (Å²) >= 11 is 0. The molecule has 0 radical (unpaired) electrons. The Labute approximate surface area is 99.0 Å². The molecular weight excluding hydrogens is 198 g/mol. The SMILES string of the molecule is COCCN1CCC(C2=CCCC=C2)CC1. The highest BCUT2D eigenvalue weighted by Gasteiger charge is 2.21. The van der Waals surface area contributed by atoms with Crippen molar-refractivity contribution in [3.05, 3.63) is 23.8 Å². The van der Waals surface area contributed by atoms with Gasteiger partial charge in [-0.15, -0.1) is 0 Å². The van der Waals surface area contributed by atoms with Crippen LogP contribution in [0.25, 0.3) is 0 Å². The third kappa shape index (κ3) is 3.19. The summed E-state index contributed by atoms with van der Waals surface area (Å²) in [5.41, 5.74) is 1.60. The van der Waals surface area contributed by atoms with Crippen LogP contribution in [0, 0.1) is 5.92 Å². The van der Waals surface area contributed by atoms with Crippen LogP contribution in [0.4, 0.5) is 0 Å². The third-order valence-corrected chi connectivity index (χ3v) is 3.69. The summed E-state index contributed by atoms with van der Waals surface area (Å²) in [4.78, 5) is 2.52. The highest BCUT2D eigenvalue weighted by atomic mass is 16.5. The molecule has 2 nitrogen and oxygen atoms in total. The van der Waals surface area contributed by atoms with E-state index in [4.69, 9.17) is 4.74 Å². The summed E-state index contributed by atoms with van der Waals surface area (Å²) in [6.07, 6.45) is 12.2. The Kier molecular flexibility index (Phi) is 4.61. The molecule has 1 aliphatic heterocycles. The predicted octanol–water partition coefficient (Wildman–Crippen LogP) is 2.62. The van der Waals surface area contributed by atoms with E-state index >= 15 is 0 Å². The first kappa shape index (κ1) is 11.9. The maximum atomic E-state index is 5.12. The topological polar surface area (TPSA) is 12.5 Å². The van der Waals surface area contributed by atoms with Gasteiger partial charge in [0.2, 0.25) is 0 Å². The Bertz CT molecular complexity index is 262. The van der Waals surface area contributed by atoms with Gasteiger partial charge in [-0.3, -0.25) is 0 Å². The van der Waals surface area contributed by atoms with E-state index in [0.29, 0.717) is 0 Å². The zero-order valence-corrected chi connectivity index (χ0v) is 10.3. The van der Waals surface area contributed by atoms with Crippen LogP contribution in [0.5, 0.6) is 0 Å². The number of methoxy groups -OCH3 is 1. The number of hydrogen-bond acceptors (Lipinski definition) is 2. The Balaban J connectivity index is 1.76. The molecule has 0 bridgehead atoms. The van der Waals surface area contributed by atoms with Gasteiger partial charge in [0.05, 0.1) is 6.61 Å². The lowest BCUT2D eigenvalue weighted by Gasteiger charge is -2.32. The zero-order chi connectivity index (χ0) is 11.2. The van der Waals surface area contributed by atoms with Gasteiger partial charge in [-0.2, -0.15) is 0 Å². The quantitative estimate of drug-likeness (QED) is 0.723. The molecule has 90 valence electrons. The number of nitrogens with zero attached hydrogens (tertiary/aromatic N) is 1. The molecule has 1 fully saturated rings. The fraction of sp³-hybridized carbons (Fsp3) is 0.714. The van der Waals surface area contributed by atoms with E-state index in [9.17, 15) is 0 Å². The lowest BCUT2D eigenvalue weighted by atomic mass is 9.86. The molecule has 16 heavy (non-hydrogen) atoms. The van der Waals surface area contributed by atoms with Crippen molar-refractivity contribution in [3.63, 3.8) is 0 Å². The Morgan fingerprint density at radius 1 is 1.31 bits per heavy atom. The highest BCUT2D eigenvalue weighted by Crippen LogP contribution is 2.27. The van der Waals surface area contributed by atoms with Crippen molar-refractivity contribution in [2.75, 3.05) is 33.4 Å². The smallest absolute Gasteiger partial charge is 0.0589 e. The average Bonchev–Trinajstić information content (AvgIpc) is 2.38. The third-order valence-electron chi connectivity index (χ3n) is 3.69. The zero-order valence-electron chi connectivity index (χ0n) is 10.3. The molecule has 0 spiro atoms. The van der Waals surface area contributed by atoms with Gasteiger partial charge in [0, 0.05) is 13.7 Å². The molecule has 0 saturated carbocycles. The van der Waals surface area contributed by atoms with E-state index in [1.165, 1.54) is 38.8 Å². The second-order valence-electron chi connectivity index (χ2n) is 4.79. The minimum Gasteiger partial charge on any atom is -0.383 e. The Morgan fingerprint density at radius 2 is 2.12 bits per heavy atom. The summed E-state index contributed by atoms with van der Waals surface area (Å²) in [7, 11) is 1.78.